The highest BCUT2D eigenvalue weighted by atomic mass is 15.2. The Morgan fingerprint density at radius 1 is 1.25 bits per heavy atom. The topological polar surface area (TPSA) is 28.2 Å². The molecule has 20 heavy (non-hydrogen) atoms. The highest BCUT2D eigenvalue weighted by Gasteiger charge is 2.28. The van der Waals surface area contributed by atoms with Crippen LogP contribution in [-0.4, -0.2) is 35.6 Å². The summed E-state index contributed by atoms with van der Waals surface area (Å²) in [7, 11) is 2.22. The second-order valence-corrected chi connectivity index (χ2v) is 6.17. The molecule has 0 bridgehead atoms. The molecule has 1 aliphatic heterocycles. The number of benzene rings is 1. The van der Waals surface area contributed by atoms with E-state index >= 15 is 0 Å². The van der Waals surface area contributed by atoms with E-state index in [0.29, 0.717) is 18.0 Å². The molecule has 0 aliphatic carbocycles. The second-order valence-electron chi connectivity index (χ2n) is 6.17. The van der Waals surface area contributed by atoms with E-state index in [2.05, 4.69) is 60.4 Å². The number of aromatic nitrogens is 1. The Bertz CT molecular complexity index is 596. The number of anilines is 1. The number of nitrogens with zero attached hydrogens (tertiary/aromatic N) is 2. The number of hydrogen-bond acceptors (Lipinski definition) is 3. The fourth-order valence-corrected chi connectivity index (χ4v) is 3.11. The summed E-state index contributed by atoms with van der Waals surface area (Å²) in [6.07, 6.45) is 3.14. The Labute approximate surface area is 121 Å². The second kappa shape index (κ2) is 5.41. The van der Waals surface area contributed by atoms with Gasteiger partial charge >= 0.3 is 0 Å². The summed E-state index contributed by atoms with van der Waals surface area (Å²) < 4.78 is 0. The molecule has 1 aromatic heterocycles. The molecule has 1 N–H and O–H groups in total. The van der Waals surface area contributed by atoms with Crippen molar-refractivity contribution >= 4 is 16.6 Å². The standard InChI is InChI=1S/C17H23N3/c1-12-11-20(3)13(2)8-17(12)19-15-9-14-6-4-5-7-16(14)18-10-15/h4-7,9-10,12-13,17,19H,8,11H2,1-3H3. The lowest BCUT2D eigenvalue weighted by Crippen LogP contribution is -2.48. The molecule has 3 heteroatoms. The number of likely N-dealkylation sites (tertiary alicyclic amines) is 1. The van der Waals surface area contributed by atoms with E-state index in [-0.39, 0.29) is 0 Å². The van der Waals surface area contributed by atoms with E-state index in [1.54, 1.807) is 0 Å². The van der Waals surface area contributed by atoms with Crippen LogP contribution in [0.15, 0.2) is 36.5 Å². The van der Waals surface area contributed by atoms with Gasteiger partial charge in [0.25, 0.3) is 0 Å². The SMILES string of the molecule is CC1CN(C)C(C)CC1Nc1cnc2ccccc2c1. The summed E-state index contributed by atoms with van der Waals surface area (Å²) in [5.41, 5.74) is 2.19. The van der Waals surface area contributed by atoms with Crippen LogP contribution in [0.1, 0.15) is 20.3 Å². The average Bonchev–Trinajstić information content (AvgIpc) is 2.44. The fraction of sp³-hybridized carbons (Fsp3) is 0.471. The minimum absolute atomic E-state index is 0.532. The van der Waals surface area contributed by atoms with Crippen LogP contribution in [0.2, 0.25) is 0 Å². The van der Waals surface area contributed by atoms with Gasteiger partial charge in [-0.15, -0.1) is 0 Å². The maximum atomic E-state index is 4.53. The molecular formula is C17H23N3. The Morgan fingerprint density at radius 2 is 2.05 bits per heavy atom. The van der Waals surface area contributed by atoms with Gasteiger partial charge in [-0.05, 0) is 38.4 Å². The molecule has 1 aromatic carbocycles. The van der Waals surface area contributed by atoms with Gasteiger partial charge in [0.1, 0.15) is 0 Å². The first-order valence-electron chi connectivity index (χ1n) is 7.45. The number of pyridine rings is 1. The number of nitrogens with one attached hydrogen (secondary N) is 1. The normalized spacial score (nSPS) is 27.6. The maximum absolute atomic E-state index is 4.53. The Hall–Kier alpha value is -1.61. The molecule has 106 valence electrons. The molecule has 2 heterocycles. The van der Waals surface area contributed by atoms with Crippen molar-refractivity contribution in [1.82, 2.24) is 9.88 Å². The predicted molar refractivity (Wildman–Crippen MR) is 85.0 cm³/mol. The molecule has 3 nitrogen and oxygen atoms in total. The van der Waals surface area contributed by atoms with Crippen molar-refractivity contribution in [3.63, 3.8) is 0 Å². The largest absolute Gasteiger partial charge is 0.381 e. The van der Waals surface area contributed by atoms with Crippen LogP contribution in [0.25, 0.3) is 10.9 Å². The lowest BCUT2D eigenvalue weighted by atomic mass is 9.89. The Balaban J connectivity index is 1.78. The van der Waals surface area contributed by atoms with Crippen molar-refractivity contribution in [3.05, 3.63) is 36.5 Å². The van der Waals surface area contributed by atoms with Crippen LogP contribution in [0.5, 0.6) is 0 Å². The van der Waals surface area contributed by atoms with Crippen LogP contribution in [0.4, 0.5) is 5.69 Å². The van der Waals surface area contributed by atoms with Gasteiger partial charge in [0.05, 0.1) is 17.4 Å². The van der Waals surface area contributed by atoms with Crippen molar-refractivity contribution in [2.45, 2.75) is 32.4 Å². The van der Waals surface area contributed by atoms with E-state index in [0.717, 1.165) is 17.7 Å². The van der Waals surface area contributed by atoms with E-state index < -0.39 is 0 Å². The van der Waals surface area contributed by atoms with Gasteiger partial charge in [-0.3, -0.25) is 4.98 Å². The summed E-state index contributed by atoms with van der Waals surface area (Å²) in [4.78, 5) is 6.98. The van der Waals surface area contributed by atoms with Gasteiger partial charge in [0.15, 0.2) is 0 Å². The van der Waals surface area contributed by atoms with Gasteiger partial charge in [-0.1, -0.05) is 25.1 Å². The average molecular weight is 269 g/mol. The maximum Gasteiger partial charge on any atom is 0.0703 e. The van der Waals surface area contributed by atoms with Gasteiger partial charge in [0, 0.05) is 24.0 Å². The first-order valence-corrected chi connectivity index (χ1v) is 7.45. The minimum Gasteiger partial charge on any atom is -0.381 e. The molecule has 1 saturated heterocycles. The summed E-state index contributed by atoms with van der Waals surface area (Å²) in [5.74, 6) is 0.655. The number of rotatable bonds is 2. The summed E-state index contributed by atoms with van der Waals surface area (Å²) in [5, 5.41) is 4.88. The van der Waals surface area contributed by atoms with Crippen molar-refractivity contribution < 1.29 is 0 Å². The fourth-order valence-electron chi connectivity index (χ4n) is 3.11. The molecule has 1 aliphatic rings. The van der Waals surface area contributed by atoms with Gasteiger partial charge in [-0.2, -0.15) is 0 Å². The van der Waals surface area contributed by atoms with Gasteiger partial charge in [0.2, 0.25) is 0 Å². The predicted octanol–water partition coefficient (Wildman–Crippen LogP) is 3.38. The molecule has 3 unspecified atom stereocenters. The number of fused-ring (bicyclic) bond motifs is 1. The number of piperidine rings is 1. The summed E-state index contributed by atoms with van der Waals surface area (Å²) in [6.45, 7) is 5.79. The summed E-state index contributed by atoms with van der Waals surface area (Å²) >= 11 is 0. The van der Waals surface area contributed by atoms with Crippen LogP contribution >= 0.6 is 0 Å². The molecule has 3 atom stereocenters. The number of para-hydroxylation sites is 1. The third-order valence-corrected chi connectivity index (χ3v) is 4.55. The van der Waals surface area contributed by atoms with Crippen LogP contribution in [0.3, 0.4) is 0 Å². The van der Waals surface area contributed by atoms with Gasteiger partial charge in [-0.25, -0.2) is 0 Å². The van der Waals surface area contributed by atoms with E-state index in [1.165, 1.54) is 11.8 Å². The zero-order valence-electron chi connectivity index (χ0n) is 12.5. The smallest absolute Gasteiger partial charge is 0.0703 e. The highest BCUT2D eigenvalue weighted by Crippen LogP contribution is 2.25. The third-order valence-electron chi connectivity index (χ3n) is 4.55. The Morgan fingerprint density at radius 3 is 2.90 bits per heavy atom. The first-order chi connectivity index (χ1) is 9.63. The van der Waals surface area contributed by atoms with Crippen molar-refractivity contribution in [2.75, 3.05) is 18.9 Å². The molecule has 1 fully saturated rings. The zero-order valence-corrected chi connectivity index (χ0v) is 12.5. The molecule has 2 aromatic rings. The molecular weight excluding hydrogens is 246 g/mol. The highest BCUT2D eigenvalue weighted by molar-refractivity contribution is 5.81. The van der Waals surface area contributed by atoms with Crippen molar-refractivity contribution in [1.29, 1.82) is 0 Å². The van der Waals surface area contributed by atoms with Crippen molar-refractivity contribution in [2.24, 2.45) is 5.92 Å². The van der Waals surface area contributed by atoms with E-state index in [1.807, 2.05) is 12.3 Å². The minimum atomic E-state index is 0.532. The van der Waals surface area contributed by atoms with Gasteiger partial charge < -0.3 is 10.2 Å². The van der Waals surface area contributed by atoms with Crippen molar-refractivity contribution in [3.8, 4) is 0 Å². The molecule has 0 radical (unpaired) electrons. The quantitative estimate of drug-likeness (QED) is 0.906. The summed E-state index contributed by atoms with van der Waals surface area (Å²) in [6, 6.07) is 11.6. The third kappa shape index (κ3) is 2.63. The van der Waals surface area contributed by atoms with E-state index in [4.69, 9.17) is 0 Å². The first kappa shape index (κ1) is 13.4. The molecule has 3 rings (SSSR count). The molecule has 0 saturated carbocycles. The van der Waals surface area contributed by atoms with Crippen LogP contribution in [-0.2, 0) is 0 Å². The Kier molecular flexibility index (Phi) is 3.62. The lowest BCUT2D eigenvalue weighted by Gasteiger charge is -2.40. The zero-order chi connectivity index (χ0) is 14.1. The number of hydrogen-bond donors (Lipinski definition) is 1. The van der Waals surface area contributed by atoms with E-state index in [9.17, 15) is 0 Å². The monoisotopic (exact) mass is 269 g/mol. The lowest BCUT2D eigenvalue weighted by molar-refractivity contribution is 0.145. The van der Waals surface area contributed by atoms with Crippen LogP contribution in [0, 0.1) is 5.92 Å². The van der Waals surface area contributed by atoms with Crippen LogP contribution < -0.4 is 5.32 Å². The molecule has 0 spiro atoms. The molecule has 0 amide bonds.